The predicted molar refractivity (Wildman–Crippen MR) is 36.3 cm³/mol. The highest BCUT2D eigenvalue weighted by Crippen LogP contribution is 1.97. The minimum atomic E-state index is 0.562. The van der Waals surface area contributed by atoms with E-state index in [0.29, 0.717) is 6.29 Å². The number of aryl methyl sites for hydroxylation is 1. The molecule has 50 valence electrons. The average Bonchev–Trinajstić information content (AvgIpc) is 2.31. The van der Waals surface area contributed by atoms with Crippen LogP contribution in [0.15, 0.2) is 6.20 Å². The van der Waals surface area contributed by atoms with Crippen LogP contribution in [0.25, 0.3) is 0 Å². The Kier molecular flexibility index (Phi) is 1.86. The molecule has 0 fully saturated rings. The number of hydrogen-bond donors (Lipinski definition) is 1. The molecule has 0 aromatic carbocycles. The fourth-order valence-electron chi connectivity index (χ4n) is 0.584. The molecule has 1 N–H and O–H groups in total. The lowest BCUT2D eigenvalue weighted by atomic mass is 10.3. The number of H-pyrrole nitrogens is 1. The summed E-state index contributed by atoms with van der Waals surface area (Å²) in [7, 11) is 0. The molecule has 0 saturated carbocycles. The number of nitrogens with zero attached hydrogens (tertiary/aromatic N) is 1. The number of rotatable bonds is 0. The third-order valence-corrected chi connectivity index (χ3v) is 1.10. The summed E-state index contributed by atoms with van der Waals surface area (Å²) in [6, 6.07) is 0. The van der Waals surface area contributed by atoms with Crippen LogP contribution in [-0.4, -0.2) is 16.5 Å². The van der Waals surface area contributed by atoms with Crippen LogP contribution in [0.2, 0.25) is 0 Å². The van der Waals surface area contributed by atoms with Crippen LogP contribution in [0.4, 0.5) is 0 Å². The largest absolute Gasteiger partial charge is 0.289 e. The Morgan fingerprint density at radius 2 is 2.60 bits per heavy atom. The van der Waals surface area contributed by atoms with Crippen LogP contribution in [0.1, 0.15) is 11.3 Å². The van der Waals surface area contributed by atoms with Gasteiger partial charge in [0.05, 0.1) is 11.8 Å². The molecule has 10 heavy (non-hydrogen) atoms. The molecule has 0 aliphatic carbocycles. The van der Waals surface area contributed by atoms with Crippen molar-refractivity contribution >= 4 is 6.29 Å². The van der Waals surface area contributed by atoms with Crippen molar-refractivity contribution in [1.82, 2.24) is 10.2 Å². The zero-order chi connectivity index (χ0) is 7.40. The van der Waals surface area contributed by atoms with Crippen molar-refractivity contribution in [3.63, 3.8) is 0 Å². The molecule has 1 rings (SSSR count). The lowest BCUT2D eigenvalue weighted by Gasteiger charge is -1.79. The summed E-state index contributed by atoms with van der Waals surface area (Å²) in [5.74, 6) is 4.93. The van der Waals surface area contributed by atoms with Crippen LogP contribution in [-0.2, 0) is 4.79 Å². The molecule has 3 nitrogen and oxygen atoms in total. The molecule has 1 aromatic rings. The number of aromatic nitrogens is 2. The maximum Gasteiger partial charge on any atom is 0.193 e. The summed E-state index contributed by atoms with van der Waals surface area (Å²) >= 11 is 0. The third kappa shape index (κ3) is 1.23. The third-order valence-electron chi connectivity index (χ3n) is 1.10. The molecular formula is C7H6N2O. The van der Waals surface area contributed by atoms with Gasteiger partial charge in [-0.2, -0.15) is 5.10 Å². The topological polar surface area (TPSA) is 45.8 Å². The highest BCUT2D eigenvalue weighted by molar-refractivity contribution is 5.74. The van der Waals surface area contributed by atoms with E-state index >= 15 is 0 Å². The van der Waals surface area contributed by atoms with Crippen LogP contribution in [0, 0.1) is 18.8 Å². The fraction of sp³-hybridized carbons (Fsp3) is 0.143. The van der Waals surface area contributed by atoms with Crippen molar-refractivity contribution < 1.29 is 4.79 Å². The molecule has 0 bridgehead atoms. The average molecular weight is 134 g/mol. The molecule has 3 heteroatoms. The van der Waals surface area contributed by atoms with Gasteiger partial charge in [0, 0.05) is 5.69 Å². The summed E-state index contributed by atoms with van der Waals surface area (Å²) in [6.07, 6.45) is 2.15. The number of nitrogens with one attached hydrogen (secondary N) is 1. The highest BCUT2D eigenvalue weighted by atomic mass is 16.1. The van der Waals surface area contributed by atoms with Gasteiger partial charge in [-0.25, -0.2) is 0 Å². The van der Waals surface area contributed by atoms with Crippen molar-refractivity contribution in [3.8, 4) is 11.8 Å². The zero-order valence-corrected chi connectivity index (χ0v) is 5.51. The van der Waals surface area contributed by atoms with E-state index in [4.69, 9.17) is 0 Å². The first-order valence-electron chi connectivity index (χ1n) is 2.79. The first-order chi connectivity index (χ1) is 4.84. The minimum absolute atomic E-state index is 0.562. The molecular weight excluding hydrogens is 128 g/mol. The van der Waals surface area contributed by atoms with E-state index in [-0.39, 0.29) is 0 Å². The van der Waals surface area contributed by atoms with Gasteiger partial charge in [-0.3, -0.25) is 9.89 Å². The van der Waals surface area contributed by atoms with E-state index in [1.807, 2.05) is 6.92 Å². The van der Waals surface area contributed by atoms with E-state index in [1.165, 1.54) is 0 Å². The van der Waals surface area contributed by atoms with E-state index in [0.717, 1.165) is 11.3 Å². The number of carbonyl (C=O) groups is 1. The predicted octanol–water partition coefficient (Wildman–Crippen LogP) is 0.269. The van der Waals surface area contributed by atoms with Crippen molar-refractivity contribution in [2.24, 2.45) is 0 Å². The van der Waals surface area contributed by atoms with Gasteiger partial charge in [0.25, 0.3) is 0 Å². The Morgan fingerprint density at radius 3 is 3.10 bits per heavy atom. The van der Waals surface area contributed by atoms with Gasteiger partial charge in [-0.05, 0) is 12.8 Å². The van der Waals surface area contributed by atoms with Crippen molar-refractivity contribution in [2.45, 2.75) is 6.92 Å². The van der Waals surface area contributed by atoms with Gasteiger partial charge < -0.3 is 0 Å². The summed E-state index contributed by atoms with van der Waals surface area (Å²) < 4.78 is 0. The van der Waals surface area contributed by atoms with Gasteiger partial charge in [-0.1, -0.05) is 5.92 Å². The molecule has 0 saturated heterocycles. The molecule has 1 aromatic heterocycles. The summed E-state index contributed by atoms with van der Waals surface area (Å²) in [4.78, 5) is 9.81. The lowest BCUT2D eigenvalue weighted by molar-refractivity contribution is -0.103. The zero-order valence-electron chi connectivity index (χ0n) is 5.51. The molecule has 0 atom stereocenters. The number of hydrogen-bond acceptors (Lipinski definition) is 2. The molecule has 0 aliphatic rings. The van der Waals surface area contributed by atoms with E-state index in [2.05, 4.69) is 22.0 Å². The molecule has 0 spiro atoms. The smallest absolute Gasteiger partial charge is 0.193 e. The molecule has 0 radical (unpaired) electrons. The summed E-state index contributed by atoms with van der Waals surface area (Å²) in [5, 5.41) is 6.44. The van der Waals surface area contributed by atoms with Crippen molar-refractivity contribution in [3.05, 3.63) is 17.5 Å². The van der Waals surface area contributed by atoms with Gasteiger partial charge in [-0.15, -0.1) is 0 Å². The van der Waals surface area contributed by atoms with Crippen LogP contribution in [0.5, 0.6) is 0 Å². The standard InChI is InChI=1S/C7H6N2O/c1-6-7(3-2-4-10)5-8-9-6/h4-5H,1H3,(H,8,9). The lowest BCUT2D eigenvalue weighted by Crippen LogP contribution is -1.74. The monoisotopic (exact) mass is 134 g/mol. The Morgan fingerprint density at radius 1 is 1.80 bits per heavy atom. The molecule has 0 amide bonds. The van der Waals surface area contributed by atoms with E-state index in [9.17, 15) is 4.79 Å². The Labute approximate surface area is 58.4 Å². The van der Waals surface area contributed by atoms with Gasteiger partial charge in [0.2, 0.25) is 0 Å². The van der Waals surface area contributed by atoms with Gasteiger partial charge >= 0.3 is 0 Å². The molecule has 0 aliphatic heterocycles. The fourth-order valence-corrected chi connectivity index (χ4v) is 0.584. The Bertz CT molecular complexity index is 290. The SMILES string of the molecule is Cc1[nH]ncc1C#CC=O. The number of carbonyl (C=O) groups excluding carboxylic acids is 1. The van der Waals surface area contributed by atoms with Crippen LogP contribution < -0.4 is 0 Å². The maximum absolute atomic E-state index is 9.81. The normalized spacial score (nSPS) is 8.10. The second-order valence-electron chi connectivity index (χ2n) is 1.80. The summed E-state index contributed by atoms with van der Waals surface area (Å²) in [6.45, 7) is 1.85. The molecule has 1 heterocycles. The quantitative estimate of drug-likeness (QED) is 0.409. The first kappa shape index (κ1) is 6.56. The maximum atomic E-state index is 9.81. The first-order valence-corrected chi connectivity index (χ1v) is 2.79. The van der Waals surface area contributed by atoms with Crippen molar-refractivity contribution in [1.29, 1.82) is 0 Å². The van der Waals surface area contributed by atoms with Gasteiger partial charge in [0.15, 0.2) is 6.29 Å². The second kappa shape index (κ2) is 2.83. The highest BCUT2D eigenvalue weighted by Gasteiger charge is 1.92. The number of aldehydes is 1. The second-order valence-corrected chi connectivity index (χ2v) is 1.80. The van der Waals surface area contributed by atoms with Crippen LogP contribution in [0.3, 0.4) is 0 Å². The number of aromatic amines is 1. The minimum Gasteiger partial charge on any atom is -0.289 e. The van der Waals surface area contributed by atoms with Crippen LogP contribution >= 0.6 is 0 Å². The Balaban J connectivity index is 2.94. The van der Waals surface area contributed by atoms with Crippen molar-refractivity contribution in [2.75, 3.05) is 0 Å². The van der Waals surface area contributed by atoms with E-state index in [1.54, 1.807) is 6.20 Å². The van der Waals surface area contributed by atoms with Gasteiger partial charge in [0.1, 0.15) is 0 Å². The molecule has 0 unspecified atom stereocenters. The van der Waals surface area contributed by atoms with E-state index < -0.39 is 0 Å². The Hall–Kier alpha value is -1.56. The summed E-state index contributed by atoms with van der Waals surface area (Å²) in [5.41, 5.74) is 1.65.